The van der Waals surface area contributed by atoms with Crippen LogP contribution in [0.15, 0.2) is 36.4 Å². The van der Waals surface area contributed by atoms with Gasteiger partial charge in [-0.05, 0) is 29.2 Å². The van der Waals surface area contributed by atoms with Gasteiger partial charge in [-0.3, -0.25) is 0 Å². The minimum Gasteiger partial charge on any atom is -0.493 e. The van der Waals surface area contributed by atoms with E-state index in [1.165, 1.54) is 16.3 Å². The molecule has 0 spiro atoms. The monoisotopic (exact) mass is 198 g/mol. The molecule has 0 aromatic heterocycles. The zero-order valence-electron chi connectivity index (χ0n) is 8.86. The van der Waals surface area contributed by atoms with E-state index in [4.69, 9.17) is 4.74 Å². The van der Waals surface area contributed by atoms with Gasteiger partial charge in [-0.25, -0.2) is 0 Å². The van der Waals surface area contributed by atoms with Crippen molar-refractivity contribution >= 4 is 10.8 Å². The summed E-state index contributed by atoms with van der Waals surface area (Å²) in [7, 11) is 0. The van der Waals surface area contributed by atoms with Gasteiger partial charge in [0.05, 0.1) is 6.61 Å². The highest BCUT2D eigenvalue weighted by Crippen LogP contribution is 2.38. The Balaban J connectivity index is 2.35. The summed E-state index contributed by atoms with van der Waals surface area (Å²) in [6.45, 7) is 3.14. The molecule has 0 N–H and O–H groups in total. The summed E-state index contributed by atoms with van der Waals surface area (Å²) >= 11 is 0. The lowest BCUT2D eigenvalue weighted by molar-refractivity contribution is 0.273. The van der Waals surface area contributed by atoms with Crippen LogP contribution in [-0.2, 0) is 0 Å². The van der Waals surface area contributed by atoms with Gasteiger partial charge in [0.1, 0.15) is 5.75 Å². The standard InChI is InChI=1S/C14H14O/c1-10-8-9-15-13-7-6-11-4-2-3-5-12(11)14(10)13/h2-7,10H,8-9H2,1H3. The lowest BCUT2D eigenvalue weighted by Crippen LogP contribution is -2.12. The van der Waals surface area contributed by atoms with Gasteiger partial charge in [-0.15, -0.1) is 0 Å². The van der Waals surface area contributed by atoms with E-state index in [0.29, 0.717) is 5.92 Å². The molecule has 0 fully saturated rings. The van der Waals surface area contributed by atoms with Crippen LogP contribution in [0.4, 0.5) is 0 Å². The van der Waals surface area contributed by atoms with Crippen molar-refractivity contribution in [2.24, 2.45) is 0 Å². The Labute approximate surface area is 89.7 Å². The number of fused-ring (bicyclic) bond motifs is 3. The van der Waals surface area contributed by atoms with Gasteiger partial charge in [0, 0.05) is 5.56 Å². The van der Waals surface area contributed by atoms with Crippen LogP contribution in [0.1, 0.15) is 24.8 Å². The summed E-state index contributed by atoms with van der Waals surface area (Å²) in [5.41, 5.74) is 1.39. The molecule has 0 saturated carbocycles. The van der Waals surface area contributed by atoms with Crippen LogP contribution in [0.3, 0.4) is 0 Å². The Kier molecular flexibility index (Phi) is 1.91. The number of rotatable bonds is 0. The molecule has 2 aromatic carbocycles. The van der Waals surface area contributed by atoms with Crippen molar-refractivity contribution in [3.05, 3.63) is 42.0 Å². The normalized spacial score (nSPS) is 19.7. The fraction of sp³-hybridized carbons (Fsp3) is 0.286. The van der Waals surface area contributed by atoms with E-state index in [9.17, 15) is 0 Å². The molecule has 0 saturated heterocycles. The van der Waals surface area contributed by atoms with E-state index in [1.54, 1.807) is 0 Å². The summed E-state index contributed by atoms with van der Waals surface area (Å²) in [4.78, 5) is 0. The highest BCUT2D eigenvalue weighted by atomic mass is 16.5. The topological polar surface area (TPSA) is 9.23 Å². The molecule has 2 aromatic rings. The molecular formula is C14H14O. The average molecular weight is 198 g/mol. The van der Waals surface area contributed by atoms with E-state index in [2.05, 4.69) is 43.3 Å². The molecule has 0 radical (unpaired) electrons. The maximum Gasteiger partial charge on any atom is 0.123 e. The molecule has 1 atom stereocenters. The Morgan fingerprint density at radius 1 is 1.13 bits per heavy atom. The highest BCUT2D eigenvalue weighted by Gasteiger charge is 2.19. The minimum absolute atomic E-state index is 0.611. The van der Waals surface area contributed by atoms with Gasteiger partial charge in [0.25, 0.3) is 0 Å². The summed E-state index contributed by atoms with van der Waals surface area (Å²) in [6, 6.07) is 12.8. The maximum absolute atomic E-state index is 5.70. The largest absolute Gasteiger partial charge is 0.493 e. The predicted octanol–water partition coefficient (Wildman–Crippen LogP) is 3.73. The van der Waals surface area contributed by atoms with Crippen LogP contribution < -0.4 is 4.74 Å². The van der Waals surface area contributed by atoms with Crippen LogP contribution in [0.5, 0.6) is 5.75 Å². The van der Waals surface area contributed by atoms with Crippen molar-refractivity contribution in [3.63, 3.8) is 0 Å². The fourth-order valence-electron chi connectivity index (χ4n) is 2.40. The molecule has 1 heteroatoms. The summed E-state index contributed by atoms with van der Waals surface area (Å²) in [6.07, 6.45) is 1.13. The summed E-state index contributed by atoms with van der Waals surface area (Å²) < 4.78 is 5.70. The molecule has 0 amide bonds. The Bertz CT molecular complexity index is 502. The lowest BCUT2D eigenvalue weighted by Gasteiger charge is -2.24. The van der Waals surface area contributed by atoms with E-state index in [0.717, 1.165) is 18.8 Å². The third kappa shape index (κ3) is 1.30. The van der Waals surface area contributed by atoms with Crippen LogP contribution in [0, 0.1) is 0 Å². The van der Waals surface area contributed by atoms with Gasteiger partial charge < -0.3 is 4.74 Å². The molecule has 1 nitrogen and oxygen atoms in total. The van der Waals surface area contributed by atoms with Crippen molar-refractivity contribution in [1.29, 1.82) is 0 Å². The van der Waals surface area contributed by atoms with Gasteiger partial charge in [-0.1, -0.05) is 37.3 Å². The molecule has 3 rings (SSSR count). The van der Waals surface area contributed by atoms with Gasteiger partial charge >= 0.3 is 0 Å². The van der Waals surface area contributed by atoms with Gasteiger partial charge in [0.2, 0.25) is 0 Å². The molecule has 1 aliphatic heterocycles. The quantitative estimate of drug-likeness (QED) is 0.626. The molecule has 0 aliphatic carbocycles. The smallest absolute Gasteiger partial charge is 0.123 e. The van der Waals surface area contributed by atoms with Crippen molar-refractivity contribution in [3.8, 4) is 5.75 Å². The second kappa shape index (κ2) is 3.27. The number of hydrogen-bond acceptors (Lipinski definition) is 1. The van der Waals surface area contributed by atoms with Gasteiger partial charge in [-0.2, -0.15) is 0 Å². The summed E-state index contributed by atoms with van der Waals surface area (Å²) in [5.74, 6) is 1.69. The lowest BCUT2D eigenvalue weighted by atomic mass is 9.90. The zero-order chi connectivity index (χ0) is 10.3. The maximum atomic E-state index is 5.70. The second-order valence-electron chi connectivity index (χ2n) is 4.24. The van der Waals surface area contributed by atoms with Gasteiger partial charge in [0.15, 0.2) is 0 Å². The van der Waals surface area contributed by atoms with Crippen LogP contribution >= 0.6 is 0 Å². The van der Waals surface area contributed by atoms with E-state index in [-0.39, 0.29) is 0 Å². The predicted molar refractivity (Wildman–Crippen MR) is 62.5 cm³/mol. The Morgan fingerprint density at radius 3 is 2.93 bits per heavy atom. The molecular weight excluding hydrogens is 184 g/mol. The first-order valence-corrected chi connectivity index (χ1v) is 5.51. The Hall–Kier alpha value is -1.50. The third-order valence-electron chi connectivity index (χ3n) is 3.23. The fourth-order valence-corrected chi connectivity index (χ4v) is 2.40. The SMILES string of the molecule is CC1CCOc2ccc3ccccc3c21. The number of benzene rings is 2. The molecule has 15 heavy (non-hydrogen) atoms. The van der Waals surface area contributed by atoms with Crippen molar-refractivity contribution in [2.75, 3.05) is 6.61 Å². The van der Waals surface area contributed by atoms with Crippen molar-refractivity contribution < 1.29 is 4.74 Å². The molecule has 0 bridgehead atoms. The van der Waals surface area contributed by atoms with E-state index in [1.807, 2.05) is 0 Å². The second-order valence-corrected chi connectivity index (χ2v) is 4.24. The average Bonchev–Trinajstić information content (AvgIpc) is 2.29. The Morgan fingerprint density at radius 2 is 2.00 bits per heavy atom. The van der Waals surface area contributed by atoms with E-state index >= 15 is 0 Å². The molecule has 1 aliphatic rings. The third-order valence-corrected chi connectivity index (χ3v) is 3.23. The number of hydrogen-bond donors (Lipinski definition) is 0. The van der Waals surface area contributed by atoms with E-state index < -0.39 is 0 Å². The first-order valence-electron chi connectivity index (χ1n) is 5.51. The molecule has 1 unspecified atom stereocenters. The first kappa shape index (κ1) is 8.78. The van der Waals surface area contributed by atoms with Crippen molar-refractivity contribution in [1.82, 2.24) is 0 Å². The van der Waals surface area contributed by atoms with Crippen molar-refractivity contribution in [2.45, 2.75) is 19.3 Å². The zero-order valence-corrected chi connectivity index (χ0v) is 8.86. The minimum atomic E-state index is 0.611. The number of ether oxygens (including phenoxy) is 1. The van der Waals surface area contributed by atoms with Crippen LogP contribution in [-0.4, -0.2) is 6.61 Å². The summed E-state index contributed by atoms with van der Waals surface area (Å²) in [5, 5.41) is 2.66. The van der Waals surface area contributed by atoms with Crippen LogP contribution in [0.25, 0.3) is 10.8 Å². The van der Waals surface area contributed by atoms with Crippen LogP contribution in [0.2, 0.25) is 0 Å². The first-order chi connectivity index (χ1) is 7.36. The molecule has 1 heterocycles. The molecule has 76 valence electrons. The highest BCUT2D eigenvalue weighted by molar-refractivity contribution is 5.88.